The van der Waals surface area contributed by atoms with Crippen LogP contribution in [0.25, 0.3) is 0 Å². The van der Waals surface area contributed by atoms with Gasteiger partial charge < -0.3 is 16.6 Å². The van der Waals surface area contributed by atoms with Gasteiger partial charge in [-0.1, -0.05) is 11.6 Å². The van der Waals surface area contributed by atoms with Gasteiger partial charge in [0, 0.05) is 18.2 Å². The van der Waals surface area contributed by atoms with E-state index in [2.05, 4.69) is 0 Å². The van der Waals surface area contributed by atoms with E-state index in [0.29, 0.717) is 0 Å². The third-order valence-corrected chi connectivity index (χ3v) is 2.00. The van der Waals surface area contributed by atoms with Crippen molar-refractivity contribution in [3.63, 3.8) is 0 Å². The molecule has 0 saturated carbocycles. The summed E-state index contributed by atoms with van der Waals surface area (Å²) in [6.45, 7) is 0.118. The van der Waals surface area contributed by atoms with Gasteiger partial charge in [0.1, 0.15) is 11.6 Å². The Balaban J connectivity index is 3.20. The Hall–Kier alpha value is -0.840. The fourth-order valence-electron chi connectivity index (χ4n) is 0.996. The van der Waals surface area contributed by atoms with Crippen LogP contribution in [0.15, 0.2) is 12.1 Å². The van der Waals surface area contributed by atoms with Crippen LogP contribution in [-0.4, -0.2) is 11.7 Å². The maximum absolute atomic E-state index is 12.8. The number of nitrogens with two attached hydrogens (primary N) is 2. The van der Waals surface area contributed by atoms with Gasteiger partial charge in [0.15, 0.2) is 0 Å². The van der Waals surface area contributed by atoms with E-state index in [1.54, 1.807) is 0 Å². The van der Waals surface area contributed by atoms with Crippen molar-refractivity contribution >= 4 is 11.6 Å². The van der Waals surface area contributed by atoms with Gasteiger partial charge in [-0.25, -0.2) is 4.39 Å². The van der Waals surface area contributed by atoms with Crippen molar-refractivity contribution in [1.29, 1.82) is 0 Å². The van der Waals surface area contributed by atoms with Crippen LogP contribution < -0.4 is 11.5 Å². The second-order valence-corrected chi connectivity index (χ2v) is 3.07. The van der Waals surface area contributed by atoms with Gasteiger partial charge in [-0.3, -0.25) is 0 Å². The SMILES string of the molecule is NC[C@@H](N)c1cc(F)cc(Cl)c1O. The van der Waals surface area contributed by atoms with Gasteiger partial charge in [0.25, 0.3) is 0 Å². The quantitative estimate of drug-likeness (QED) is 0.677. The Bertz CT molecular complexity index is 319. The van der Waals surface area contributed by atoms with E-state index in [9.17, 15) is 9.50 Å². The fourth-order valence-corrected chi connectivity index (χ4v) is 1.21. The molecule has 0 aromatic heterocycles. The van der Waals surface area contributed by atoms with Crippen molar-refractivity contribution in [2.24, 2.45) is 11.5 Å². The highest BCUT2D eigenvalue weighted by molar-refractivity contribution is 6.32. The van der Waals surface area contributed by atoms with Crippen LogP contribution in [-0.2, 0) is 0 Å². The number of rotatable bonds is 2. The van der Waals surface area contributed by atoms with Gasteiger partial charge in [0.2, 0.25) is 0 Å². The standard InChI is InChI=1S/C8H10ClFN2O/c9-6-2-4(10)1-5(8(6)13)7(12)3-11/h1-2,7,13H,3,11-12H2/t7-/m1/s1. The molecule has 5 N–H and O–H groups in total. The Kier molecular flexibility index (Phi) is 3.08. The first-order valence-corrected chi connectivity index (χ1v) is 4.07. The van der Waals surface area contributed by atoms with E-state index < -0.39 is 11.9 Å². The average molecular weight is 205 g/mol. The van der Waals surface area contributed by atoms with Crippen LogP contribution in [0.2, 0.25) is 5.02 Å². The molecule has 0 spiro atoms. The summed E-state index contributed by atoms with van der Waals surface area (Å²) < 4.78 is 12.8. The summed E-state index contributed by atoms with van der Waals surface area (Å²) in [6.07, 6.45) is 0. The molecule has 0 amide bonds. The Morgan fingerprint density at radius 2 is 2.15 bits per heavy atom. The largest absolute Gasteiger partial charge is 0.506 e. The Labute approximate surface area is 80.1 Å². The molecule has 5 heteroatoms. The normalized spacial score (nSPS) is 12.9. The van der Waals surface area contributed by atoms with Gasteiger partial charge in [-0.2, -0.15) is 0 Å². The fraction of sp³-hybridized carbons (Fsp3) is 0.250. The van der Waals surface area contributed by atoms with Gasteiger partial charge >= 0.3 is 0 Å². The third-order valence-electron chi connectivity index (χ3n) is 1.71. The molecule has 0 aliphatic rings. The van der Waals surface area contributed by atoms with Crippen molar-refractivity contribution in [2.75, 3.05) is 6.54 Å². The van der Waals surface area contributed by atoms with Crippen LogP contribution >= 0.6 is 11.6 Å². The monoisotopic (exact) mass is 204 g/mol. The summed E-state index contributed by atoms with van der Waals surface area (Å²) in [7, 11) is 0. The molecule has 0 bridgehead atoms. The Morgan fingerprint density at radius 3 is 2.69 bits per heavy atom. The van der Waals surface area contributed by atoms with Crippen molar-refractivity contribution in [3.05, 3.63) is 28.5 Å². The molecular formula is C8H10ClFN2O. The lowest BCUT2D eigenvalue weighted by atomic mass is 10.1. The van der Waals surface area contributed by atoms with E-state index in [1.165, 1.54) is 0 Å². The molecule has 0 unspecified atom stereocenters. The maximum Gasteiger partial charge on any atom is 0.139 e. The third kappa shape index (κ3) is 2.09. The second kappa shape index (κ2) is 3.91. The number of phenolic OH excluding ortho intramolecular Hbond substituents is 1. The molecule has 0 saturated heterocycles. The van der Waals surface area contributed by atoms with Crippen molar-refractivity contribution in [2.45, 2.75) is 6.04 Å². The molecule has 0 aliphatic carbocycles. The van der Waals surface area contributed by atoms with Crippen LogP contribution in [0.4, 0.5) is 4.39 Å². The molecule has 1 atom stereocenters. The van der Waals surface area contributed by atoms with E-state index >= 15 is 0 Å². The minimum Gasteiger partial charge on any atom is -0.506 e. The predicted molar refractivity (Wildman–Crippen MR) is 49.1 cm³/mol. The first-order chi connectivity index (χ1) is 6.06. The Morgan fingerprint density at radius 1 is 1.54 bits per heavy atom. The van der Waals surface area contributed by atoms with E-state index in [-0.39, 0.29) is 22.9 Å². The highest BCUT2D eigenvalue weighted by atomic mass is 35.5. The minimum atomic E-state index is -0.604. The lowest BCUT2D eigenvalue weighted by Gasteiger charge is -2.12. The number of hydrogen-bond donors (Lipinski definition) is 3. The van der Waals surface area contributed by atoms with E-state index in [0.717, 1.165) is 12.1 Å². The van der Waals surface area contributed by atoms with Gasteiger partial charge in [-0.05, 0) is 12.1 Å². The van der Waals surface area contributed by atoms with Crippen LogP contribution in [0.1, 0.15) is 11.6 Å². The molecule has 0 radical (unpaired) electrons. The van der Waals surface area contributed by atoms with Crippen molar-refractivity contribution < 1.29 is 9.50 Å². The van der Waals surface area contributed by atoms with Crippen LogP contribution in [0, 0.1) is 5.82 Å². The summed E-state index contributed by atoms with van der Waals surface area (Å²) >= 11 is 5.53. The molecule has 13 heavy (non-hydrogen) atoms. The van der Waals surface area contributed by atoms with E-state index in [4.69, 9.17) is 23.1 Å². The number of halogens is 2. The van der Waals surface area contributed by atoms with Gasteiger partial charge in [0.05, 0.1) is 5.02 Å². The molecule has 1 aromatic rings. The smallest absolute Gasteiger partial charge is 0.139 e. The lowest BCUT2D eigenvalue weighted by Crippen LogP contribution is -2.21. The zero-order valence-electron chi connectivity index (χ0n) is 6.80. The minimum absolute atomic E-state index is 0.0566. The number of hydrogen-bond acceptors (Lipinski definition) is 3. The maximum atomic E-state index is 12.8. The molecular weight excluding hydrogens is 195 g/mol. The molecule has 0 aliphatic heterocycles. The molecule has 72 valence electrons. The zero-order chi connectivity index (χ0) is 10.0. The number of benzene rings is 1. The predicted octanol–water partition coefficient (Wildman–Crippen LogP) is 1.14. The first kappa shape index (κ1) is 10.2. The average Bonchev–Trinajstić information content (AvgIpc) is 2.10. The lowest BCUT2D eigenvalue weighted by molar-refractivity contribution is 0.459. The highest BCUT2D eigenvalue weighted by Gasteiger charge is 2.13. The number of aromatic hydroxyl groups is 1. The number of phenols is 1. The second-order valence-electron chi connectivity index (χ2n) is 2.67. The van der Waals surface area contributed by atoms with E-state index in [1.807, 2.05) is 0 Å². The molecule has 0 heterocycles. The van der Waals surface area contributed by atoms with Gasteiger partial charge in [-0.15, -0.1) is 0 Å². The topological polar surface area (TPSA) is 72.3 Å². The van der Waals surface area contributed by atoms with Crippen LogP contribution in [0.5, 0.6) is 5.75 Å². The molecule has 3 nitrogen and oxygen atoms in total. The molecule has 0 fully saturated rings. The molecule has 1 aromatic carbocycles. The summed E-state index contributed by atoms with van der Waals surface area (Å²) in [6, 6.07) is 1.54. The summed E-state index contributed by atoms with van der Waals surface area (Å²) in [5.41, 5.74) is 11.0. The zero-order valence-corrected chi connectivity index (χ0v) is 7.55. The van der Waals surface area contributed by atoms with Crippen molar-refractivity contribution in [1.82, 2.24) is 0 Å². The summed E-state index contributed by atoms with van der Waals surface area (Å²) in [5.74, 6) is -0.747. The van der Waals surface area contributed by atoms with Crippen molar-refractivity contribution in [3.8, 4) is 5.75 Å². The molecule has 1 rings (SSSR count). The highest BCUT2D eigenvalue weighted by Crippen LogP contribution is 2.31. The first-order valence-electron chi connectivity index (χ1n) is 3.69. The van der Waals surface area contributed by atoms with Crippen LogP contribution in [0.3, 0.4) is 0 Å². The summed E-state index contributed by atoms with van der Waals surface area (Å²) in [5, 5.41) is 9.33. The summed E-state index contributed by atoms with van der Waals surface area (Å²) in [4.78, 5) is 0.